The van der Waals surface area contributed by atoms with E-state index in [9.17, 15) is 9.59 Å². The Kier molecular flexibility index (Phi) is 6.47. The molecule has 2 aliphatic rings. The molecular weight excluding hydrogens is 446 g/mol. The highest BCUT2D eigenvalue weighted by Crippen LogP contribution is 2.33. The van der Waals surface area contributed by atoms with Gasteiger partial charge in [-0.2, -0.15) is 0 Å². The molecule has 2 fully saturated rings. The minimum atomic E-state index is -0.354. The molecule has 1 unspecified atom stereocenters. The van der Waals surface area contributed by atoms with E-state index < -0.39 is 0 Å². The van der Waals surface area contributed by atoms with Crippen LogP contribution < -0.4 is 19.3 Å². The Labute approximate surface area is 203 Å². The fraction of sp³-hybridized carbons (Fsp3) is 0.308. The van der Waals surface area contributed by atoms with E-state index in [0.717, 1.165) is 5.82 Å². The number of nitrogens with zero attached hydrogens (tertiary/aromatic N) is 5. The highest BCUT2D eigenvalue weighted by Gasteiger charge is 2.38. The number of piperazine rings is 1. The number of rotatable bonds is 6. The van der Waals surface area contributed by atoms with Gasteiger partial charge in [0.2, 0.25) is 17.7 Å². The predicted molar refractivity (Wildman–Crippen MR) is 131 cm³/mol. The van der Waals surface area contributed by atoms with Crippen molar-refractivity contribution in [2.45, 2.75) is 6.42 Å². The van der Waals surface area contributed by atoms with Crippen LogP contribution in [0.4, 0.5) is 11.5 Å². The maximum Gasteiger partial charge on any atom is 0.238 e. The molecule has 2 aromatic carbocycles. The van der Waals surface area contributed by atoms with Gasteiger partial charge in [-0.3, -0.25) is 9.59 Å². The lowest BCUT2D eigenvalue weighted by Crippen LogP contribution is -2.51. The topological polar surface area (TPSA) is 88.1 Å². The van der Waals surface area contributed by atoms with Crippen molar-refractivity contribution < 1.29 is 19.1 Å². The van der Waals surface area contributed by atoms with Crippen molar-refractivity contribution in [3.8, 4) is 17.4 Å². The molecule has 2 amide bonds. The van der Waals surface area contributed by atoms with Crippen LogP contribution in [0.3, 0.4) is 0 Å². The molecule has 0 aliphatic carbocycles. The molecule has 2 saturated heterocycles. The molecular formula is C26H27N5O4. The molecule has 2 aliphatic heterocycles. The van der Waals surface area contributed by atoms with E-state index in [0.29, 0.717) is 55.8 Å². The van der Waals surface area contributed by atoms with Gasteiger partial charge < -0.3 is 24.2 Å². The maximum absolute atomic E-state index is 13.2. The van der Waals surface area contributed by atoms with Gasteiger partial charge in [0.15, 0.2) is 5.82 Å². The standard InChI is InChI=1S/C26H27N5O4/c1-34-22-10-6-5-9-21(22)31-18-19(17-25(31)32)26(33)30-15-13-29(14-16-30)23-11-12-24(28-27-23)35-20-7-3-2-4-8-20/h2-12,19H,13-18H2,1H3. The number of aromatic nitrogens is 2. The van der Waals surface area contributed by atoms with Crippen LogP contribution in [0.5, 0.6) is 17.4 Å². The Hall–Kier alpha value is -4.14. The van der Waals surface area contributed by atoms with Gasteiger partial charge in [0.1, 0.15) is 11.5 Å². The maximum atomic E-state index is 13.2. The van der Waals surface area contributed by atoms with Crippen LogP contribution in [-0.4, -0.2) is 66.7 Å². The zero-order chi connectivity index (χ0) is 24.2. The van der Waals surface area contributed by atoms with E-state index in [4.69, 9.17) is 9.47 Å². The summed E-state index contributed by atoms with van der Waals surface area (Å²) in [5, 5.41) is 8.48. The average molecular weight is 474 g/mol. The molecule has 0 radical (unpaired) electrons. The molecule has 1 atom stereocenters. The van der Waals surface area contributed by atoms with Crippen molar-refractivity contribution in [1.82, 2.24) is 15.1 Å². The Morgan fingerprint density at radius 1 is 0.914 bits per heavy atom. The Balaban J connectivity index is 1.16. The molecule has 3 heterocycles. The number of para-hydroxylation sites is 3. The molecule has 3 aromatic rings. The number of benzene rings is 2. The molecule has 9 nitrogen and oxygen atoms in total. The first-order valence-electron chi connectivity index (χ1n) is 11.7. The molecule has 180 valence electrons. The zero-order valence-electron chi connectivity index (χ0n) is 19.5. The molecule has 35 heavy (non-hydrogen) atoms. The number of methoxy groups -OCH3 is 1. The Morgan fingerprint density at radius 3 is 2.37 bits per heavy atom. The van der Waals surface area contributed by atoms with Gasteiger partial charge in [-0.1, -0.05) is 30.3 Å². The second-order valence-electron chi connectivity index (χ2n) is 8.53. The summed E-state index contributed by atoms with van der Waals surface area (Å²) in [6, 6.07) is 20.5. The normalized spacial score (nSPS) is 18.0. The molecule has 5 rings (SSSR count). The number of ether oxygens (including phenoxy) is 2. The second-order valence-corrected chi connectivity index (χ2v) is 8.53. The van der Waals surface area contributed by atoms with Gasteiger partial charge in [0.25, 0.3) is 0 Å². The van der Waals surface area contributed by atoms with E-state index in [2.05, 4.69) is 15.1 Å². The third-order valence-corrected chi connectivity index (χ3v) is 6.36. The van der Waals surface area contributed by atoms with Crippen LogP contribution in [0.2, 0.25) is 0 Å². The lowest BCUT2D eigenvalue weighted by atomic mass is 10.1. The van der Waals surface area contributed by atoms with Gasteiger partial charge in [-0.25, -0.2) is 0 Å². The van der Waals surface area contributed by atoms with Crippen molar-refractivity contribution in [2.24, 2.45) is 5.92 Å². The van der Waals surface area contributed by atoms with Crippen molar-refractivity contribution in [2.75, 3.05) is 49.6 Å². The Morgan fingerprint density at radius 2 is 1.66 bits per heavy atom. The fourth-order valence-corrected chi connectivity index (χ4v) is 4.52. The zero-order valence-corrected chi connectivity index (χ0v) is 19.5. The third-order valence-electron chi connectivity index (χ3n) is 6.36. The van der Waals surface area contributed by atoms with Gasteiger partial charge in [-0.15, -0.1) is 10.2 Å². The van der Waals surface area contributed by atoms with Crippen LogP contribution in [-0.2, 0) is 9.59 Å². The molecule has 0 spiro atoms. The van der Waals surface area contributed by atoms with Crippen molar-refractivity contribution in [1.29, 1.82) is 0 Å². The minimum absolute atomic E-state index is 0.0214. The van der Waals surface area contributed by atoms with E-state index >= 15 is 0 Å². The second kappa shape index (κ2) is 10.0. The Bertz CT molecular complexity index is 1180. The predicted octanol–water partition coefficient (Wildman–Crippen LogP) is 2.98. The number of anilines is 2. The van der Waals surface area contributed by atoms with E-state index in [1.165, 1.54) is 0 Å². The van der Waals surface area contributed by atoms with E-state index in [-0.39, 0.29) is 24.2 Å². The lowest BCUT2D eigenvalue weighted by Gasteiger charge is -2.36. The molecule has 0 saturated carbocycles. The SMILES string of the molecule is COc1ccccc1N1CC(C(=O)N2CCN(c3ccc(Oc4ccccc4)nn3)CC2)CC1=O. The number of hydrogen-bond donors (Lipinski definition) is 0. The quantitative estimate of drug-likeness (QED) is 0.544. The van der Waals surface area contributed by atoms with E-state index in [1.54, 1.807) is 18.1 Å². The first-order chi connectivity index (χ1) is 17.1. The summed E-state index contributed by atoms with van der Waals surface area (Å²) in [6.07, 6.45) is 0.214. The summed E-state index contributed by atoms with van der Waals surface area (Å²) in [5.74, 6) is 2.12. The highest BCUT2D eigenvalue weighted by atomic mass is 16.5. The monoisotopic (exact) mass is 473 g/mol. The van der Waals surface area contributed by atoms with Gasteiger partial charge in [-0.05, 0) is 30.3 Å². The number of carbonyl (C=O) groups excluding carboxylic acids is 2. The van der Waals surface area contributed by atoms with Crippen LogP contribution in [0.1, 0.15) is 6.42 Å². The summed E-state index contributed by atoms with van der Waals surface area (Å²) in [5.41, 5.74) is 0.707. The first kappa shape index (κ1) is 22.6. The largest absolute Gasteiger partial charge is 0.495 e. The van der Waals surface area contributed by atoms with Crippen LogP contribution in [0.25, 0.3) is 0 Å². The first-order valence-corrected chi connectivity index (χ1v) is 11.7. The number of amides is 2. The van der Waals surface area contributed by atoms with Gasteiger partial charge >= 0.3 is 0 Å². The highest BCUT2D eigenvalue weighted by molar-refractivity contribution is 6.01. The van der Waals surface area contributed by atoms with Gasteiger partial charge in [0, 0.05) is 45.2 Å². The van der Waals surface area contributed by atoms with Crippen molar-refractivity contribution >= 4 is 23.3 Å². The third kappa shape index (κ3) is 4.89. The number of hydrogen-bond acceptors (Lipinski definition) is 7. The number of carbonyl (C=O) groups is 2. The summed E-state index contributed by atoms with van der Waals surface area (Å²) >= 11 is 0. The molecule has 9 heteroatoms. The van der Waals surface area contributed by atoms with Crippen LogP contribution in [0, 0.1) is 5.92 Å². The fourth-order valence-electron chi connectivity index (χ4n) is 4.52. The average Bonchev–Trinajstić information content (AvgIpc) is 3.30. The van der Waals surface area contributed by atoms with Crippen molar-refractivity contribution in [3.05, 3.63) is 66.7 Å². The molecule has 0 N–H and O–H groups in total. The minimum Gasteiger partial charge on any atom is -0.495 e. The lowest BCUT2D eigenvalue weighted by molar-refractivity contribution is -0.136. The molecule has 1 aromatic heterocycles. The summed E-state index contributed by atoms with van der Waals surface area (Å²) in [6.45, 7) is 2.81. The summed E-state index contributed by atoms with van der Waals surface area (Å²) in [4.78, 5) is 31.5. The molecule has 0 bridgehead atoms. The van der Waals surface area contributed by atoms with Crippen LogP contribution >= 0.6 is 0 Å². The summed E-state index contributed by atoms with van der Waals surface area (Å²) < 4.78 is 11.1. The smallest absolute Gasteiger partial charge is 0.238 e. The van der Waals surface area contributed by atoms with Crippen LogP contribution in [0.15, 0.2) is 66.7 Å². The van der Waals surface area contributed by atoms with E-state index in [1.807, 2.05) is 65.6 Å². The van der Waals surface area contributed by atoms with Gasteiger partial charge in [0.05, 0.1) is 18.7 Å². The van der Waals surface area contributed by atoms with Crippen molar-refractivity contribution in [3.63, 3.8) is 0 Å². The summed E-state index contributed by atoms with van der Waals surface area (Å²) in [7, 11) is 1.58.